The summed E-state index contributed by atoms with van der Waals surface area (Å²) in [4.78, 5) is 37.8. The first kappa shape index (κ1) is 28.2. The highest BCUT2D eigenvalue weighted by molar-refractivity contribution is 7.99. The van der Waals surface area contributed by atoms with E-state index in [0.717, 1.165) is 28.2 Å². The fraction of sp³-hybridized carbons (Fsp3) is 0.400. The third-order valence-corrected chi connectivity index (χ3v) is 7.37. The van der Waals surface area contributed by atoms with E-state index in [-0.39, 0.29) is 46.9 Å². The lowest BCUT2D eigenvalue weighted by atomic mass is 10.1. The fourth-order valence-corrected chi connectivity index (χ4v) is 5.33. The Balaban J connectivity index is 1.66. The molecule has 2 aromatic heterocycles. The first-order chi connectivity index (χ1) is 17.6. The van der Waals surface area contributed by atoms with Crippen LogP contribution < -0.4 is 10.1 Å². The number of carbonyl (C=O) groups excluding carboxylic acids is 3. The lowest BCUT2D eigenvalue weighted by molar-refractivity contribution is -0.113. The highest BCUT2D eigenvalue weighted by Crippen LogP contribution is 2.34. The standard InChI is InChI=1S/C25H30N4O6S2/c1-7-33-23(31)20-16(5)21(24(32)34-8-2)37-22(20)26-19(30)13-36-25-28-27-18(29(25)6)12-35-17-10-14(3)9-15(4)11-17/h9-11H,7-8,12-13H2,1-6H3,(H,26,30). The van der Waals surface area contributed by atoms with Crippen LogP contribution in [0.4, 0.5) is 5.00 Å². The van der Waals surface area contributed by atoms with Gasteiger partial charge < -0.3 is 24.1 Å². The van der Waals surface area contributed by atoms with Crippen molar-refractivity contribution in [3.8, 4) is 5.75 Å². The number of rotatable bonds is 11. The van der Waals surface area contributed by atoms with E-state index in [0.29, 0.717) is 16.5 Å². The molecule has 0 fully saturated rings. The summed E-state index contributed by atoms with van der Waals surface area (Å²) in [5.74, 6) is -0.169. The summed E-state index contributed by atoms with van der Waals surface area (Å²) >= 11 is 2.18. The number of hydrogen-bond acceptors (Lipinski definition) is 10. The Morgan fingerprint density at radius 1 is 1.00 bits per heavy atom. The van der Waals surface area contributed by atoms with E-state index in [9.17, 15) is 14.4 Å². The molecular weight excluding hydrogens is 516 g/mol. The molecule has 1 amide bonds. The van der Waals surface area contributed by atoms with Crippen molar-refractivity contribution < 1.29 is 28.6 Å². The topological polar surface area (TPSA) is 122 Å². The van der Waals surface area contributed by atoms with Gasteiger partial charge in [-0.1, -0.05) is 17.8 Å². The average molecular weight is 547 g/mol. The van der Waals surface area contributed by atoms with Crippen molar-refractivity contribution in [2.75, 3.05) is 24.3 Å². The molecule has 1 aromatic carbocycles. The van der Waals surface area contributed by atoms with Crippen molar-refractivity contribution in [2.24, 2.45) is 7.05 Å². The summed E-state index contributed by atoms with van der Waals surface area (Å²) < 4.78 is 17.8. The van der Waals surface area contributed by atoms with Crippen molar-refractivity contribution in [1.29, 1.82) is 0 Å². The van der Waals surface area contributed by atoms with Crippen LogP contribution in [0.25, 0.3) is 0 Å². The molecule has 0 aliphatic carbocycles. The minimum atomic E-state index is -0.614. The van der Waals surface area contributed by atoms with Crippen LogP contribution in [-0.2, 0) is 27.9 Å². The first-order valence-electron chi connectivity index (χ1n) is 11.6. The quantitative estimate of drug-likeness (QED) is 0.274. The second kappa shape index (κ2) is 12.7. The van der Waals surface area contributed by atoms with Crippen molar-refractivity contribution in [2.45, 2.75) is 46.4 Å². The average Bonchev–Trinajstić information content (AvgIpc) is 3.34. The molecule has 0 aliphatic heterocycles. The van der Waals surface area contributed by atoms with Crippen LogP contribution in [-0.4, -0.2) is 51.6 Å². The van der Waals surface area contributed by atoms with Crippen LogP contribution in [0.1, 0.15) is 56.4 Å². The second-order valence-electron chi connectivity index (χ2n) is 8.11. The Hall–Kier alpha value is -3.38. The van der Waals surface area contributed by atoms with Gasteiger partial charge in [-0.15, -0.1) is 21.5 Å². The van der Waals surface area contributed by atoms with Gasteiger partial charge in [-0.25, -0.2) is 9.59 Å². The third-order valence-electron chi connectivity index (χ3n) is 5.16. The van der Waals surface area contributed by atoms with Crippen molar-refractivity contribution in [3.63, 3.8) is 0 Å². The number of benzene rings is 1. The van der Waals surface area contributed by atoms with Gasteiger partial charge in [0.15, 0.2) is 11.0 Å². The Bertz CT molecular complexity index is 1280. The predicted octanol–water partition coefficient (Wildman–Crippen LogP) is 4.47. The number of nitrogens with zero attached hydrogens (tertiary/aromatic N) is 3. The van der Waals surface area contributed by atoms with E-state index in [1.54, 1.807) is 32.4 Å². The van der Waals surface area contributed by atoms with E-state index in [1.807, 2.05) is 26.0 Å². The van der Waals surface area contributed by atoms with Gasteiger partial charge in [0.1, 0.15) is 22.2 Å². The van der Waals surface area contributed by atoms with Gasteiger partial charge in [-0.05, 0) is 63.4 Å². The van der Waals surface area contributed by atoms with E-state index in [4.69, 9.17) is 14.2 Å². The largest absolute Gasteiger partial charge is 0.486 e. The summed E-state index contributed by atoms with van der Waals surface area (Å²) in [6.45, 7) is 9.60. The van der Waals surface area contributed by atoms with Gasteiger partial charge in [0.25, 0.3) is 0 Å². The fourth-order valence-electron chi connectivity index (χ4n) is 3.50. The number of aromatic nitrogens is 3. The highest BCUT2D eigenvalue weighted by atomic mass is 32.2. The predicted molar refractivity (Wildman–Crippen MR) is 142 cm³/mol. The molecule has 12 heteroatoms. The molecule has 0 bridgehead atoms. The molecule has 3 rings (SSSR count). The molecule has 0 saturated heterocycles. The van der Waals surface area contributed by atoms with Crippen molar-refractivity contribution in [1.82, 2.24) is 14.8 Å². The van der Waals surface area contributed by atoms with E-state index in [1.165, 1.54) is 11.8 Å². The maximum atomic E-state index is 12.8. The van der Waals surface area contributed by atoms with Crippen LogP contribution >= 0.6 is 23.1 Å². The van der Waals surface area contributed by atoms with Gasteiger partial charge in [-0.2, -0.15) is 0 Å². The summed E-state index contributed by atoms with van der Waals surface area (Å²) in [5, 5.41) is 11.8. The molecule has 10 nitrogen and oxygen atoms in total. The zero-order valence-electron chi connectivity index (χ0n) is 21.7. The van der Waals surface area contributed by atoms with Gasteiger partial charge in [0.2, 0.25) is 5.91 Å². The minimum Gasteiger partial charge on any atom is -0.486 e. The molecule has 0 atom stereocenters. The lowest BCUT2D eigenvalue weighted by Crippen LogP contribution is -2.17. The zero-order valence-corrected chi connectivity index (χ0v) is 23.3. The Morgan fingerprint density at radius 2 is 1.65 bits per heavy atom. The van der Waals surface area contributed by atoms with Crippen molar-refractivity contribution in [3.05, 3.63) is 51.2 Å². The summed E-state index contributed by atoms with van der Waals surface area (Å²) in [6, 6.07) is 5.97. The molecule has 3 aromatic rings. The third kappa shape index (κ3) is 7.10. The Labute approximate surface area is 223 Å². The lowest BCUT2D eigenvalue weighted by Gasteiger charge is -2.09. The second-order valence-corrected chi connectivity index (χ2v) is 10.1. The molecular formula is C25H30N4O6S2. The number of esters is 2. The molecule has 0 aliphatic rings. The maximum absolute atomic E-state index is 12.8. The Morgan fingerprint density at radius 3 is 2.30 bits per heavy atom. The number of nitrogens with one attached hydrogen (secondary N) is 1. The smallest absolute Gasteiger partial charge is 0.348 e. The first-order valence-corrected chi connectivity index (χ1v) is 13.4. The number of anilines is 1. The van der Waals surface area contributed by atoms with E-state index >= 15 is 0 Å². The molecule has 198 valence electrons. The van der Waals surface area contributed by atoms with Gasteiger partial charge in [-0.3, -0.25) is 4.79 Å². The monoisotopic (exact) mass is 546 g/mol. The van der Waals surface area contributed by atoms with Gasteiger partial charge >= 0.3 is 11.9 Å². The summed E-state index contributed by atoms with van der Waals surface area (Å²) in [7, 11) is 1.80. The van der Waals surface area contributed by atoms with Crippen LogP contribution in [0.2, 0.25) is 0 Å². The number of amides is 1. The molecule has 0 radical (unpaired) electrons. The SMILES string of the molecule is CCOC(=O)c1sc(NC(=O)CSc2nnc(COc3cc(C)cc(C)c3)n2C)c(C(=O)OCC)c1C. The molecule has 0 unspecified atom stereocenters. The van der Waals surface area contributed by atoms with Crippen molar-refractivity contribution >= 4 is 45.9 Å². The van der Waals surface area contributed by atoms with Crippen LogP contribution in [0.15, 0.2) is 23.4 Å². The summed E-state index contributed by atoms with van der Waals surface area (Å²) in [6.07, 6.45) is 0. The number of ether oxygens (including phenoxy) is 3. The highest BCUT2D eigenvalue weighted by Gasteiger charge is 2.27. The minimum absolute atomic E-state index is 0.0118. The Kier molecular flexibility index (Phi) is 9.70. The van der Waals surface area contributed by atoms with Gasteiger partial charge in [0.05, 0.1) is 24.5 Å². The number of thioether (sulfide) groups is 1. The van der Waals surface area contributed by atoms with Crippen LogP contribution in [0.5, 0.6) is 5.75 Å². The van der Waals surface area contributed by atoms with E-state index < -0.39 is 11.9 Å². The molecule has 0 saturated carbocycles. The summed E-state index contributed by atoms with van der Waals surface area (Å²) in [5.41, 5.74) is 2.78. The number of aryl methyl sites for hydroxylation is 2. The van der Waals surface area contributed by atoms with Crippen LogP contribution in [0.3, 0.4) is 0 Å². The van der Waals surface area contributed by atoms with Crippen LogP contribution in [0, 0.1) is 20.8 Å². The molecule has 1 N–H and O–H groups in total. The number of carbonyl (C=O) groups is 3. The normalized spacial score (nSPS) is 10.8. The number of hydrogen-bond donors (Lipinski definition) is 1. The molecule has 0 spiro atoms. The zero-order chi connectivity index (χ0) is 27.1. The van der Waals surface area contributed by atoms with E-state index in [2.05, 4.69) is 21.6 Å². The molecule has 37 heavy (non-hydrogen) atoms. The maximum Gasteiger partial charge on any atom is 0.348 e. The molecule has 2 heterocycles. The van der Waals surface area contributed by atoms with Gasteiger partial charge in [0, 0.05) is 7.05 Å². The number of thiophene rings is 1.